The molecule has 0 amide bonds. The first-order valence-electron chi connectivity index (χ1n) is 9.87. The number of benzene rings is 1. The van der Waals surface area contributed by atoms with Gasteiger partial charge in [-0.15, -0.1) is 11.3 Å². The van der Waals surface area contributed by atoms with Gasteiger partial charge in [0.25, 0.3) is 0 Å². The highest BCUT2D eigenvalue weighted by atomic mass is 32.1. The molecule has 0 fully saturated rings. The predicted octanol–water partition coefficient (Wildman–Crippen LogP) is 3.33. The monoisotopic (exact) mass is 434 g/mol. The number of thiazole rings is 1. The molecule has 30 heavy (non-hydrogen) atoms. The lowest BCUT2D eigenvalue weighted by Gasteiger charge is -2.16. The van der Waals surface area contributed by atoms with Crippen LogP contribution >= 0.6 is 11.3 Å². The molecule has 0 saturated heterocycles. The molecule has 0 spiro atoms. The van der Waals surface area contributed by atoms with Gasteiger partial charge in [-0.05, 0) is 39.3 Å². The van der Waals surface area contributed by atoms with E-state index in [1.165, 1.54) is 11.3 Å². The van der Waals surface area contributed by atoms with Gasteiger partial charge < -0.3 is 24.8 Å². The molecule has 9 heteroatoms. The van der Waals surface area contributed by atoms with Crippen molar-refractivity contribution in [2.75, 3.05) is 33.9 Å². The first kappa shape index (κ1) is 23.5. The van der Waals surface area contributed by atoms with E-state index in [-0.39, 0.29) is 12.0 Å². The molecule has 0 aliphatic carbocycles. The molecule has 1 aromatic heterocycles. The van der Waals surface area contributed by atoms with E-state index in [0.717, 1.165) is 22.9 Å². The molecule has 1 aromatic carbocycles. The second-order valence-electron chi connectivity index (χ2n) is 6.43. The number of rotatable bonds is 10. The van der Waals surface area contributed by atoms with Crippen LogP contribution in [-0.4, -0.2) is 50.8 Å². The maximum absolute atomic E-state index is 12.0. The third-order valence-corrected chi connectivity index (χ3v) is 5.46. The Kier molecular flexibility index (Phi) is 9.40. The number of esters is 1. The van der Waals surface area contributed by atoms with Crippen LogP contribution in [0.2, 0.25) is 0 Å². The normalized spacial score (nSPS) is 12.2. The number of ether oxygens (including phenoxy) is 3. The number of carbonyl (C=O) groups excluding carboxylic acids is 1. The minimum Gasteiger partial charge on any atom is -0.497 e. The Balaban J connectivity index is 1.78. The van der Waals surface area contributed by atoms with E-state index in [0.29, 0.717) is 36.3 Å². The van der Waals surface area contributed by atoms with Crippen LogP contribution in [0.1, 0.15) is 46.7 Å². The van der Waals surface area contributed by atoms with Gasteiger partial charge in [-0.3, -0.25) is 4.99 Å². The van der Waals surface area contributed by atoms with Crippen molar-refractivity contribution >= 4 is 23.3 Å². The number of hydrogen-bond acceptors (Lipinski definition) is 7. The third-order valence-electron chi connectivity index (χ3n) is 4.14. The summed E-state index contributed by atoms with van der Waals surface area (Å²) in [6.45, 7) is 7.19. The fourth-order valence-electron chi connectivity index (χ4n) is 2.61. The summed E-state index contributed by atoms with van der Waals surface area (Å²) in [5.74, 6) is 1.88. The Morgan fingerprint density at radius 1 is 1.33 bits per heavy atom. The van der Waals surface area contributed by atoms with Crippen LogP contribution in [0.5, 0.6) is 11.5 Å². The summed E-state index contributed by atoms with van der Waals surface area (Å²) in [5.41, 5.74) is 0.680. The van der Waals surface area contributed by atoms with Crippen molar-refractivity contribution in [2.45, 2.75) is 33.2 Å². The van der Waals surface area contributed by atoms with Gasteiger partial charge in [-0.1, -0.05) is 6.07 Å². The van der Waals surface area contributed by atoms with Crippen LogP contribution in [0.3, 0.4) is 0 Å². The highest BCUT2D eigenvalue weighted by molar-refractivity contribution is 7.13. The number of carbonyl (C=O) groups is 1. The maximum Gasteiger partial charge on any atom is 0.350 e. The second-order valence-corrected chi connectivity index (χ2v) is 7.46. The zero-order valence-corrected chi connectivity index (χ0v) is 19.0. The van der Waals surface area contributed by atoms with Gasteiger partial charge in [0.2, 0.25) is 0 Å². The lowest BCUT2D eigenvalue weighted by molar-refractivity contribution is 0.0531. The van der Waals surface area contributed by atoms with Crippen molar-refractivity contribution in [3.8, 4) is 11.5 Å². The van der Waals surface area contributed by atoms with E-state index in [1.54, 1.807) is 21.1 Å². The summed E-state index contributed by atoms with van der Waals surface area (Å²) in [6.07, 6.45) is 0.801. The number of hydrogen-bond donors (Lipinski definition) is 2. The summed E-state index contributed by atoms with van der Waals surface area (Å²) in [5, 5.41) is 7.36. The number of aryl methyl sites for hydroxylation is 1. The summed E-state index contributed by atoms with van der Waals surface area (Å²) in [4.78, 5) is 21.3. The smallest absolute Gasteiger partial charge is 0.350 e. The highest BCUT2D eigenvalue weighted by Crippen LogP contribution is 2.24. The second kappa shape index (κ2) is 12.0. The van der Waals surface area contributed by atoms with E-state index >= 15 is 0 Å². The van der Waals surface area contributed by atoms with E-state index < -0.39 is 0 Å². The summed E-state index contributed by atoms with van der Waals surface area (Å²) in [7, 11) is 3.35. The van der Waals surface area contributed by atoms with Crippen molar-refractivity contribution in [2.24, 2.45) is 4.99 Å². The summed E-state index contributed by atoms with van der Waals surface area (Å²) < 4.78 is 16.0. The average Bonchev–Trinajstić information content (AvgIpc) is 3.14. The molecule has 2 rings (SSSR count). The van der Waals surface area contributed by atoms with Crippen LogP contribution in [0.25, 0.3) is 0 Å². The topological polar surface area (TPSA) is 94.1 Å². The van der Waals surface area contributed by atoms with E-state index in [9.17, 15) is 4.79 Å². The van der Waals surface area contributed by atoms with Crippen molar-refractivity contribution in [3.63, 3.8) is 0 Å². The molecule has 0 bridgehead atoms. The lowest BCUT2D eigenvalue weighted by atomic mass is 10.3. The lowest BCUT2D eigenvalue weighted by Crippen LogP contribution is -2.39. The van der Waals surface area contributed by atoms with Crippen LogP contribution in [0, 0.1) is 6.92 Å². The number of nitrogens with zero attached hydrogens (tertiary/aromatic N) is 2. The minimum absolute atomic E-state index is 0.101. The van der Waals surface area contributed by atoms with Gasteiger partial charge in [0.15, 0.2) is 5.96 Å². The summed E-state index contributed by atoms with van der Waals surface area (Å²) in [6, 6.07) is 7.43. The van der Waals surface area contributed by atoms with Crippen LogP contribution in [0.15, 0.2) is 29.3 Å². The number of aromatic nitrogens is 1. The maximum atomic E-state index is 12.0. The molecule has 0 aliphatic rings. The minimum atomic E-state index is -0.329. The number of methoxy groups -OCH3 is 1. The van der Waals surface area contributed by atoms with Crippen molar-refractivity contribution < 1.29 is 19.0 Å². The van der Waals surface area contributed by atoms with Crippen LogP contribution < -0.4 is 20.1 Å². The van der Waals surface area contributed by atoms with Crippen molar-refractivity contribution in [3.05, 3.63) is 39.8 Å². The Hall–Kier alpha value is -2.81. The summed E-state index contributed by atoms with van der Waals surface area (Å²) >= 11 is 1.34. The van der Waals surface area contributed by atoms with Gasteiger partial charge in [0.1, 0.15) is 21.4 Å². The largest absolute Gasteiger partial charge is 0.497 e. The highest BCUT2D eigenvalue weighted by Gasteiger charge is 2.20. The van der Waals surface area contributed by atoms with E-state index in [2.05, 4.69) is 20.6 Å². The molecule has 8 nitrogen and oxygen atoms in total. The zero-order chi connectivity index (χ0) is 21.9. The third kappa shape index (κ3) is 6.91. The van der Waals surface area contributed by atoms with Crippen LogP contribution in [-0.2, 0) is 4.74 Å². The van der Waals surface area contributed by atoms with Crippen molar-refractivity contribution in [1.29, 1.82) is 0 Å². The molecule has 1 atom stereocenters. The molecule has 0 saturated carbocycles. The fraction of sp³-hybridized carbons (Fsp3) is 0.476. The Morgan fingerprint density at radius 2 is 2.10 bits per heavy atom. The first-order chi connectivity index (χ1) is 14.5. The van der Waals surface area contributed by atoms with Gasteiger partial charge in [-0.25, -0.2) is 9.78 Å². The predicted molar refractivity (Wildman–Crippen MR) is 119 cm³/mol. The molecule has 1 heterocycles. The molecule has 0 radical (unpaired) electrons. The van der Waals surface area contributed by atoms with Gasteiger partial charge >= 0.3 is 5.97 Å². The van der Waals surface area contributed by atoms with Gasteiger partial charge in [-0.2, -0.15) is 0 Å². The molecule has 2 N–H and O–H groups in total. The Morgan fingerprint density at radius 3 is 2.80 bits per heavy atom. The SMILES string of the molecule is CCOC(=O)c1sc(C(C)NC(=NC)NCCCOc2cccc(OC)c2)nc1C. The number of aliphatic imine (C=N–C) groups is 1. The molecular weight excluding hydrogens is 404 g/mol. The van der Waals surface area contributed by atoms with E-state index in [1.807, 2.05) is 38.1 Å². The molecule has 2 aromatic rings. The standard InChI is InChI=1S/C21H30N4O4S/c1-6-28-20(26)18-14(2)24-19(30-18)15(3)25-21(22-4)23-11-8-12-29-17-10-7-9-16(13-17)27-5/h7,9-10,13,15H,6,8,11-12H2,1-5H3,(H2,22,23,25). The molecule has 0 aliphatic heterocycles. The fourth-order valence-corrected chi connectivity index (χ4v) is 3.57. The number of nitrogens with one attached hydrogen (secondary N) is 2. The quantitative estimate of drug-likeness (QED) is 0.256. The Bertz CT molecular complexity index is 853. The Labute approximate surface area is 181 Å². The van der Waals surface area contributed by atoms with E-state index in [4.69, 9.17) is 14.2 Å². The molecule has 1 unspecified atom stereocenters. The van der Waals surface area contributed by atoms with Gasteiger partial charge in [0.05, 0.1) is 32.1 Å². The van der Waals surface area contributed by atoms with Crippen LogP contribution in [0.4, 0.5) is 0 Å². The van der Waals surface area contributed by atoms with Crippen molar-refractivity contribution in [1.82, 2.24) is 15.6 Å². The average molecular weight is 435 g/mol. The molecule has 164 valence electrons. The zero-order valence-electron chi connectivity index (χ0n) is 18.2. The first-order valence-corrected chi connectivity index (χ1v) is 10.7. The molecular formula is C21H30N4O4S. The number of guanidine groups is 1. The van der Waals surface area contributed by atoms with Gasteiger partial charge in [0, 0.05) is 19.7 Å².